The molecule has 3 nitrogen and oxygen atoms in total. The molecule has 0 aromatic heterocycles. The van der Waals surface area contributed by atoms with Crippen LogP contribution in [0.2, 0.25) is 0 Å². The molecule has 0 bridgehead atoms. The highest BCUT2D eigenvalue weighted by atomic mass is 35.5. The van der Waals surface area contributed by atoms with Gasteiger partial charge in [-0.05, 0) is 44.7 Å². The van der Waals surface area contributed by atoms with Crippen molar-refractivity contribution in [2.24, 2.45) is 11.7 Å². The number of carbonyl (C=O) groups excluding carboxylic acids is 1. The minimum atomic E-state index is -0.431. The van der Waals surface area contributed by atoms with Crippen LogP contribution in [0.5, 0.6) is 0 Å². The van der Waals surface area contributed by atoms with Gasteiger partial charge >= 0.3 is 0 Å². The molecule has 3 unspecified atom stereocenters. The van der Waals surface area contributed by atoms with E-state index in [0.29, 0.717) is 12.0 Å². The number of carbonyl (C=O) groups is 1. The fraction of sp³-hybridized carbons (Fsp3) is 0.588. The lowest BCUT2D eigenvalue weighted by Gasteiger charge is -2.37. The summed E-state index contributed by atoms with van der Waals surface area (Å²) in [6, 6.07) is 6.58. The molecule has 0 heterocycles. The maximum atomic E-state index is 13.6. The summed E-state index contributed by atoms with van der Waals surface area (Å²) in [7, 11) is 0. The van der Waals surface area contributed by atoms with Gasteiger partial charge in [-0.3, -0.25) is 4.79 Å². The monoisotopic (exact) mass is 328 g/mol. The molecule has 0 radical (unpaired) electrons. The number of nitrogens with one attached hydrogen (secondary N) is 1. The molecular formula is C17H26ClFN2O. The third kappa shape index (κ3) is 4.68. The van der Waals surface area contributed by atoms with Gasteiger partial charge in [-0.25, -0.2) is 4.39 Å². The molecule has 0 aliphatic heterocycles. The first-order valence-electron chi connectivity index (χ1n) is 7.73. The predicted octanol–water partition coefficient (Wildman–Crippen LogP) is 3.20. The Hall–Kier alpha value is -1.13. The second-order valence-electron chi connectivity index (χ2n) is 6.51. The van der Waals surface area contributed by atoms with Crippen molar-refractivity contribution in [3.05, 3.63) is 35.6 Å². The van der Waals surface area contributed by atoms with Crippen molar-refractivity contribution < 1.29 is 9.18 Å². The number of rotatable bonds is 4. The van der Waals surface area contributed by atoms with Crippen LogP contribution < -0.4 is 11.1 Å². The average molecular weight is 329 g/mol. The van der Waals surface area contributed by atoms with Crippen LogP contribution in [0.4, 0.5) is 4.39 Å². The lowest BCUT2D eigenvalue weighted by Crippen LogP contribution is -2.54. The fourth-order valence-corrected chi connectivity index (χ4v) is 3.18. The van der Waals surface area contributed by atoms with Gasteiger partial charge in [-0.2, -0.15) is 0 Å². The Bertz CT molecular complexity index is 507. The van der Waals surface area contributed by atoms with Crippen LogP contribution in [0.1, 0.15) is 45.1 Å². The number of halogens is 2. The zero-order chi connectivity index (χ0) is 15.5. The number of nitrogens with two attached hydrogens (primary N) is 1. The Morgan fingerprint density at radius 2 is 2.14 bits per heavy atom. The molecule has 22 heavy (non-hydrogen) atoms. The van der Waals surface area contributed by atoms with Gasteiger partial charge in [-0.15, -0.1) is 12.4 Å². The topological polar surface area (TPSA) is 55.1 Å². The molecule has 1 fully saturated rings. The van der Waals surface area contributed by atoms with Crippen molar-refractivity contribution in [1.29, 1.82) is 0 Å². The lowest BCUT2D eigenvalue weighted by molar-refractivity contribution is -0.128. The third-order valence-corrected chi connectivity index (χ3v) is 4.44. The SMILES string of the molecule is CC(Cc1ccccc1F)NC(=O)C1CCCCC1(C)N.Cl. The van der Waals surface area contributed by atoms with Crippen LogP contribution >= 0.6 is 12.4 Å². The van der Waals surface area contributed by atoms with Crippen LogP contribution in [0.15, 0.2) is 24.3 Å². The Balaban J connectivity index is 0.00000242. The molecule has 1 aromatic rings. The first-order valence-corrected chi connectivity index (χ1v) is 7.73. The molecule has 3 N–H and O–H groups in total. The van der Waals surface area contributed by atoms with Gasteiger partial charge in [0.2, 0.25) is 5.91 Å². The molecule has 1 aromatic carbocycles. The van der Waals surface area contributed by atoms with Gasteiger partial charge in [-0.1, -0.05) is 31.0 Å². The molecule has 1 aliphatic carbocycles. The van der Waals surface area contributed by atoms with Crippen LogP contribution in [-0.2, 0) is 11.2 Å². The minimum absolute atomic E-state index is 0. The molecule has 1 aliphatic rings. The molecular weight excluding hydrogens is 303 g/mol. The van der Waals surface area contributed by atoms with E-state index in [4.69, 9.17) is 5.73 Å². The molecule has 0 saturated heterocycles. The van der Waals surface area contributed by atoms with Crippen LogP contribution in [0.3, 0.4) is 0 Å². The van der Waals surface area contributed by atoms with E-state index < -0.39 is 5.54 Å². The summed E-state index contributed by atoms with van der Waals surface area (Å²) < 4.78 is 13.6. The highest BCUT2D eigenvalue weighted by Gasteiger charge is 2.38. The van der Waals surface area contributed by atoms with E-state index in [9.17, 15) is 9.18 Å². The summed E-state index contributed by atoms with van der Waals surface area (Å²) in [5.74, 6) is -0.363. The molecule has 0 spiro atoms. The van der Waals surface area contributed by atoms with Crippen molar-refractivity contribution in [2.45, 2.75) is 57.5 Å². The van der Waals surface area contributed by atoms with Gasteiger partial charge in [0.25, 0.3) is 0 Å². The van der Waals surface area contributed by atoms with E-state index in [1.54, 1.807) is 12.1 Å². The normalized spacial score (nSPS) is 25.9. The van der Waals surface area contributed by atoms with Crippen molar-refractivity contribution in [3.63, 3.8) is 0 Å². The first-order chi connectivity index (χ1) is 9.90. The zero-order valence-electron chi connectivity index (χ0n) is 13.3. The standard InChI is InChI=1S/C17H25FN2O.ClH/c1-12(11-13-7-3-4-9-15(13)18)20-16(21)14-8-5-6-10-17(14,2)19;/h3-4,7,9,12,14H,5-6,8,10-11,19H2,1-2H3,(H,20,21);1H. The number of hydrogen-bond acceptors (Lipinski definition) is 2. The largest absolute Gasteiger partial charge is 0.353 e. The second-order valence-corrected chi connectivity index (χ2v) is 6.51. The quantitative estimate of drug-likeness (QED) is 0.891. The summed E-state index contributed by atoms with van der Waals surface area (Å²) >= 11 is 0. The van der Waals surface area contributed by atoms with E-state index in [0.717, 1.165) is 25.7 Å². The predicted molar refractivity (Wildman–Crippen MR) is 89.5 cm³/mol. The van der Waals surface area contributed by atoms with Crippen LogP contribution in [-0.4, -0.2) is 17.5 Å². The minimum Gasteiger partial charge on any atom is -0.353 e. The molecule has 1 amide bonds. The maximum absolute atomic E-state index is 13.6. The van der Waals surface area contributed by atoms with Crippen molar-refractivity contribution in [3.8, 4) is 0 Å². The Kier molecular flexibility index (Phi) is 6.82. The summed E-state index contributed by atoms with van der Waals surface area (Å²) in [6.07, 6.45) is 4.35. The van der Waals surface area contributed by atoms with E-state index in [1.807, 2.05) is 19.9 Å². The number of hydrogen-bond donors (Lipinski definition) is 2. The summed E-state index contributed by atoms with van der Waals surface area (Å²) in [5, 5.41) is 3.00. The average Bonchev–Trinajstić information content (AvgIpc) is 2.40. The molecule has 2 rings (SSSR count). The van der Waals surface area contributed by atoms with Crippen molar-refractivity contribution in [2.75, 3.05) is 0 Å². The van der Waals surface area contributed by atoms with Crippen molar-refractivity contribution in [1.82, 2.24) is 5.32 Å². The van der Waals surface area contributed by atoms with Crippen molar-refractivity contribution >= 4 is 18.3 Å². The van der Waals surface area contributed by atoms with Crippen LogP contribution in [0, 0.1) is 11.7 Å². The highest BCUT2D eigenvalue weighted by molar-refractivity contribution is 5.85. The van der Waals surface area contributed by atoms with Gasteiger partial charge < -0.3 is 11.1 Å². The Morgan fingerprint density at radius 3 is 2.77 bits per heavy atom. The van der Waals surface area contributed by atoms with E-state index in [-0.39, 0.29) is 36.1 Å². The fourth-order valence-electron chi connectivity index (χ4n) is 3.18. The summed E-state index contributed by atoms with van der Waals surface area (Å²) in [5.41, 5.74) is 6.45. The second kappa shape index (κ2) is 7.93. The number of benzene rings is 1. The molecule has 3 atom stereocenters. The van der Waals surface area contributed by atoms with Gasteiger partial charge in [0, 0.05) is 11.6 Å². The molecule has 1 saturated carbocycles. The van der Waals surface area contributed by atoms with Gasteiger partial charge in [0.1, 0.15) is 5.82 Å². The van der Waals surface area contributed by atoms with E-state index >= 15 is 0 Å². The van der Waals surface area contributed by atoms with Gasteiger partial charge in [0.15, 0.2) is 0 Å². The molecule has 5 heteroatoms. The Morgan fingerprint density at radius 1 is 1.45 bits per heavy atom. The summed E-state index contributed by atoms with van der Waals surface area (Å²) in [4.78, 5) is 12.4. The van der Waals surface area contributed by atoms with E-state index in [2.05, 4.69) is 5.32 Å². The van der Waals surface area contributed by atoms with Crippen LogP contribution in [0.25, 0.3) is 0 Å². The maximum Gasteiger partial charge on any atom is 0.225 e. The summed E-state index contributed by atoms with van der Waals surface area (Å²) in [6.45, 7) is 3.86. The highest BCUT2D eigenvalue weighted by Crippen LogP contribution is 2.31. The third-order valence-electron chi connectivity index (χ3n) is 4.44. The lowest BCUT2D eigenvalue weighted by atomic mass is 9.74. The van der Waals surface area contributed by atoms with Gasteiger partial charge in [0.05, 0.1) is 5.92 Å². The number of amides is 1. The smallest absolute Gasteiger partial charge is 0.225 e. The Labute approximate surface area is 138 Å². The first kappa shape index (κ1) is 18.9. The molecule has 124 valence electrons. The van der Waals surface area contributed by atoms with E-state index in [1.165, 1.54) is 6.07 Å². The zero-order valence-corrected chi connectivity index (χ0v) is 14.1.